The first-order chi connectivity index (χ1) is 14.1. The SMILES string of the molecule is COc1cc2c(cc1S(=O)(=O)NCCCN1CCc3ccccc3C1)CCCC2. The van der Waals surface area contributed by atoms with Crippen molar-refractivity contribution in [2.24, 2.45) is 0 Å². The van der Waals surface area contributed by atoms with E-state index in [1.54, 1.807) is 0 Å². The number of aryl methyl sites for hydroxylation is 2. The molecule has 1 heterocycles. The number of nitrogens with zero attached hydrogens (tertiary/aromatic N) is 1. The molecule has 6 heteroatoms. The van der Waals surface area contributed by atoms with Gasteiger partial charge in [-0.2, -0.15) is 0 Å². The van der Waals surface area contributed by atoms with Crippen LogP contribution in [0.25, 0.3) is 0 Å². The Labute approximate surface area is 174 Å². The monoisotopic (exact) mass is 414 g/mol. The van der Waals surface area contributed by atoms with Gasteiger partial charge >= 0.3 is 0 Å². The summed E-state index contributed by atoms with van der Waals surface area (Å²) in [6, 6.07) is 12.3. The molecule has 0 saturated heterocycles. The number of hydrogen-bond acceptors (Lipinski definition) is 4. The topological polar surface area (TPSA) is 58.6 Å². The first kappa shape index (κ1) is 20.4. The number of benzene rings is 2. The van der Waals surface area contributed by atoms with Crippen molar-refractivity contribution in [1.29, 1.82) is 0 Å². The van der Waals surface area contributed by atoms with Crippen LogP contribution < -0.4 is 9.46 Å². The Morgan fingerprint density at radius 1 is 1.00 bits per heavy atom. The number of nitrogens with one attached hydrogen (secondary N) is 1. The molecule has 1 N–H and O–H groups in total. The van der Waals surface area contributed by atoms with Crippen molar-refractivity contribution in [3.63, 3.8) is 0 Å². The van der Waals surface area contributed by atoms with E-state index >= 15 is 0 Å². The highest BCUT2D eigenvalue weighted by atomic mass is 32.2. The van der Waals surface area contributed by atoms with Gasteiger partial charge < -0.3 is 4.74 Å². The number of ether oxygens (including phenoxy) is 1. The number of rotatable bonds is 7. The van der Waals surface area contributed by atoms with Gasteiger partial charge in [0.25, 0.3) is 0 Å². The van der Waals surface area contributed by atoms with Crippen LogP contribution in [0.15, 0.2) is 41.3 Å². The van der Waals surface area contributed by atoms with Gasteiger partial charge in [-0.3, -0.25) is 4.90 Å². The molecule has 0 radical (unpaired) electrons. The number of hydrogen-bond donors (Lipinski definition) is 1. The lowest BCUT2D eigenvalue weighted by Crippen LogP contribution is -2.33. The molecule has 0 bridgehead atoms. The fourth-order valence-electron chi connectivity index (χ4n) is 4.44. The van der Waals surface area contributed by atoms with Crippen LogP contribution in [0.4, 0.5) is 0 Å². The number of fused-ring (bicyclic) bond motifs is 2. The van der Waals surface area contributed by atoms with Crippen LogP contribution in [-0.4, -0.2) is 40.1 Å². The van der Waals surface area contributed by atoms with Gasteiger partial charge in [0.15, 0.2) is 0 Å². The maximum atomic E-state index is 12.9. The van der Waals surface area contributed by atoms with Crippen LogP contribution in [0.2, 0.25) is 0 Å². The zero-order valence-electron chi connectivity index (χ0n) is 17.1. The average molecular weight is 415 g/mol. The van der Waals surface area contributed by atoms with Crippen molar-refractivity contribution in [3.05, 3.63) is 58.7 Å². The molecule has 0 fully saturated rings. The van der Waals surface area contributed by atoms with Gasteiger partial charge in [0.2, 0.25) is 10.0 Å². The van der Waals surface area contributed by atoms with E-state index in [2.05, 4.69) is 33.9 Å². The summed E-state index contributed by atoms with van der Waals surface area (Å²) in [4.78, 5) is 2.67. The minimum absolute atomic E-state index is 0.271. The summed E-state index contributed by atoms with van der Waals surface area (Å²) in [5.41, 5.74) is 5.18. The van der Waals surface area contributed by atoms with Crippen molar-refractivity contribution in [2.75, 3.05) is 26.7 Å². The van der Waals surface area contributed by atoms with Crippen LogP contribution in [0, 0.1) is 0 Å². The Hall–Kier alpha value is -1.89. The first-order valence-electron chi connectivity index (χ1n) is 10.6. The molecule has 0 atom stereocenters. The van der Waals surface area contributed by atoms with E-state index in [1.165, 1.54) is 23.8 Å². The second-order valence-electron chi connectivity index (χ2n) is 8.03. The van der Waals surface area contributed by atoms with E-state index in [0.717, 1.165) is 63.7 Å². The lowest BCUT2D eigenvalue weighted by molar-refractivity contribution is 0.251. The van der Waals surface area contributed by atoms with Crippen molar-refractivity contribution in [3.8, 4) is 5.75 Å². The summed E-state index contributed by atoms with van der Waals surface area (Å²) in [6.07, 6.45) is 6.06. The molecule has 2 aliphatic rings. The lowest BCUT2D eigenvalue weighted by Gasteiger charge is -2.28. The molecule has 0 saturated carbocycles. The summed E-state index contributed by atoms with van der Waals surface area (Å²) in [5, 5.41) is 0. The van der Waals surface area contributed by atoms with Crippen molar-refractivity contribution in [1.82, 2.24) is 9.62 Å². The van der Waals surface area contributed by atoms with Crippen LogP contribution in [0.3, 0.4) is 0 Å². The van der Waals surface area contributed by atoms with E-state index in [4.69, 9.17) is 4.74 Å². The van der Waals surface area contributed by atoms with Gasteiger partial charge in [0.1, 0.15) is 10.6 Å². The van der Waals surface area contributed by atoms with Crippen LogP contribution in [0.5, 0.6) is 5.75 Å². The number of sulfonamides is 1. The third-order valence-electron chi connectivity index (χ3n) is 6.07. The molecule has 0 aromatic heterocycles. The van der Waals surface area contributed by atoms with E-state index < -0.39 is 10.0 Å². The van der Waals surface area contributed by atoms with E-state index in [9.17, 15) is 8.42 Å². The lowest BCUT2D eigenvalue weighted by atomic mass is 9.92. The van der Waals surface area contributed by atoms with Gasteiger partial charge in [0, 0.05) is 19.6 Å². The molecular formula is C23H30N2O3S. The summed E-state index contributed by atoms with van der Waals surface area (Å²) in [5.74, 6) is 0.450. The Morgan fingerprint density at radius 2 is 1.72 bits per heavy atom. The van der Waals surface area contributed by atoms with E-state index in [0.29, 0.717) is 12.3 Å². The molecule has 2 aromatic rings. The van der Waals surface area contributed by atoms with Crippen LogP contribution in [0.1, 0.15) is 41.5 Å². The zero-order valence-corrected chi connectivity index (χ0v) is 17.9. The molecule has 5 nitrogen and oxygen atoms in total. The molecule has 156 valence electrons. The minimum atomic E-state index is -3.58. The minimum Gasteiger partial charge on any atom is -0.495 e. The fraction of sp³-hybridized carbons (Fsp3) is 0.478. The quantitative estimate of drug-likeness (QED) is 0.707. The van der Waals surface area contributed by atoms with Crippen molar-refractivity contribution in [2.45, 2.75) is 50.0 Å². The van der Waals surface area contributed by atoms with Gasteiger partial charge in [-0.15, -0.1) is 0 Å². The third kappa shape index (κ3) is 4.65. The Balaban J connectivity index is 1.35. The summed E-state index contributed by atoms with van der Waals surface area (Å²) < 4.78 is 34.0. The highest BCUT2D eigenvalue weighted by Gasteiger charge is 2.23. The van der Waals surface area contributed by atoms with Gasteiger partial charge in [-0.1, -0.05) is 24.3 Å². The summed E-state index contributed by atoms with van der Waals surface area (Å²) in [7, 11) is -2.04. The molecule has 2 aromatic carbocycles. The smallest absolute Gasteiger partial charge is 0.244 e. The third-order valence-corrected chi connectivity index (χ3v) is 7.55. The molecule has 0 spiro atoms. The second kappa shape index (κ2) is 8.86. The Bertz CT molecular complexity index is 972. The van der Waals surface area contributed by atoms with Crippen LogP contribution in [-0.2, 0) is 35.8 Å². The highest BCUT2D eigenvalue weighted by Crippen LogP contribution is 2.31. The van der Waals surface area contributed by atoms with Crippen LogP contribution >= 0.6 is 0 Å². The predicted octanol–water partition coefficient (Wildman–Crippen LogP) is 3.30. The van der Waals surface area contributed by atoms with Crippen molar-refractivity contribution >= 4 is 10.0 Å². The second-order valence-corrected chi connectivity index (χ2v) is 9.76. The van der Waals surface area contributed by atoms with Crippen molar-refractivity contribution < 1.29 is 13.2 Å². The van der Waals surface area contributed by atoms with E-state index in [1.807, 2.05) is 12.1 Å². The summed E-state index contributed by atoms with van der Waals surface area (Å²) in [6.45, 7) is 3.29. The standard InChI is InChI=1S/C23H30N2O3S/c1-28-22-15-19-8-3-4-9-20(19)16-23(22)29(26,27)24-12-6-13-25-14-11-18-7-2-5-10-21(18)17-25/h2,5,7,10,15-16,24H,3-4,6,8-9,11-14,17H2,1H3. The average Bonchev–Trinajstić information content (AvgIpc) is 2.75. The predicted molar refractivity (Wildman–Crippen MR) is 115 cm³/mol. The Morgan fingerprint density at radius 3 is 2.48 bits per heavy atom. The Kier molecular flexibility index (Phi) is 6.23. The largest absolute Gasteiger partial charge is 0.495 e. The van der Waals surface area contributed by atoms with Gasteiger partial charge in [-0.25, -0.2) is 13.1 Å². The zero-order chi connectivity index (χ0) is 20.3. The normalized spacial score (nSPS) is 16.9. The first-order valence-corrected chi connectivity index (χ1v) is 12.0. The molecule has 0 amide bonds. The summed E-state index contributed by atoms with van der Waals surface area (Å²) >= 11 is 0. The maximum Gasteiger partial charge on any atom is 0.244 e. The maximum absolute atomic E-state index is 12.9. The molecule has 1 aliphatic heterocycles. The molecule has 1 aliphatic carbocycles. The van der Waals surface area contributed by atoms with Gasteiger partial charge in [0.05, 0.1) is 7.11 Å². The number of methoxy groups -OCH3 is 1. The molecule has 29 heavy (non-hydrogen) atoms. The highest BCUT2D eigenvalue weighted by molar-refractivity contribution is 7.89. The molecule has 0 unspecified atom stereocenters. The molecular weight excluding hydrogens is 384 g/mol. The molecule has 4 rings (SSSR count). The van der Waals surface area contributed by atoms with Gasteiger partial charge in [-0.05, 0) is 79.5 Å². The fourth-order valence-corrected chi connectivity index (χ4v) is 5.72. The van der Waals surface area contributed by atoms with E-state index in [-0.39, 0.29) is 4.90 Å².